The Bertz CT molecular complexity index is 1380. The maximum absolute atomic E-state index is 15.6. The van der Waals surface area contributed by atoms with Crippen molar-refractivity contribution in [2.75, 3.05) is 6.54 Å². The van der Waals surface area contributed by atoms with Gasteiger partial charge in [-0.2, -0.15) is 5.26 Å². The van der Waals surface area contributed by atoms with Crippen LogP contribution in [0.2, 0.25) is 15.2 Å². The van der Waals surface area contributed by atoms with E-state index in [2.05, 4.69) is 11.1 Å². The monoisotopic (exact) mass is 561 g/mol. The summed E-state index contributed by atoms with van der Waals surface area (Å²) in [5, 5.41) is 11.1. The number of amides is 1. The van der Waals surface area contributed by atoms with Crippen LogP contribution in [-0.2, 0) is 5.41 Å². The fraction of sp³-hybridized carbons (Fsp3) is 0.321. The molecule has 3 unspecified atom stereocenters. The molecule has 192 valence electrons. The van der Waals surface area contributed by atoms with Crippen LogP contribution in [-0.4, -0.2) is 22.3 Å². The lowest BCUT2D eigenvalue weighted by Gasteiger charge is -2.38. The third-order valence-electron chi connectivity index (χ3n) is 6.74. The number of halogens is 5. The topological polar surface area (TPSA) is 57.0 Å². The highest BCUT2D eigenvalue weighted by Crippen LogP contribution is 2.56. The van der Waals surface area contributed by atoms with Crippen molar-refractivity contribution < 1.29 is 13.6 Å². The molecule has 3 aromatic rings. The molecule has 0 radical (unpaired) electrons. The third-order valence-corrected chi connectivity index (χ3v) is 7.49. The molecular formula is C28H24Cl3F2N3O. The molecule has 4 rings (SSSR count). The minimum Gasteiger partial charge on any atom is -0.329 e. The van der Waals surface area contributed by atoms with Crippen molar-refractivity contribution in [1.29, 1.82) is 5.26 Å². The first kappa shape index (κ1) is 27.3. The number of benzene rings is 2. The summed E-state index contributed by atoms with van der Waals surface area (Å²) in [4.78, 5) is 19.3. The Morgan fingerprint density at radius 1 is 1.16 bits per heavy atom. The van der Waals surface area contributed by atoms with Crippen LogP contribution in [0.15, 0.2) is 54.7 Å². The van der Waals surface area contributed by atoms with E-state index in [1.54, 1.807) is 6.07 Å². The van der Waals surface area contributed by atoms with Crippen LogP contribution in [0, 0.1) is 34.3 Å². The number of nitrogens with zero attached hydrogens (tertiary/aromatic N) is 3. The summed E-state index contributed by atoms with van der Waals surface area (Å²) in [5.41, 5.74) is -1.67. The summed E-state index contributed by atoms with van der Waals surface area (Å²) in [5.74, 6) is -2.52. The van der Waals surface area contributed by atoms with Crippen molar-refractivity contribution in [3.05, 3.63) is 98.3 Å². The molecule has 3 atom stereocenters. The summed E-state index contributed by atoms with van der Waals surface area (Å²) in [6, 6.07) is 12.6. The maximum Gasteiger partial charge on any atom is 0.256 e. The van der Waals surface area contributed by atoms with Crippen LogP contribution in [0.5, 0.6) is 0 Å². The Morgan fingerprint density at radius 2 is 1.89 bits per heavy atom. The van der Waals surface area contributed by atoms with Gasteiger partial charge in [-0.25, -0.2) is 13.8 Å². The molecule has 0 N–H and O–H groups in total. The number of hydrogen-bond acceptors (Lipinski definition) is 3. The van der Waals surface area contributed by atoms with Crippen LogP contribution in [0.1, 0.15) is 54.7 Å². The number of carbonyl (C=O) groups is 1. The molecule has 0 spiro atoms. The molecule has 1 aliphatic heterocycles. The summed E-state index contributed by atoms with van der Waals surface area (Å²) in [6.07, 6.45) is 1.77. The minimum atomic E-state index is -1.65. The third kappa shape index (κ3) is 5.05. The fourth-order valence-corrected chi connectivity index (χ4v) is 5.79. The molecule has 9 heteroatoms. The minimum absolute atomic E-state index is 0.0232. The van der Waals surface area contributed by atoms with Gasteiger partial charge >= 0.3 is 0 Å². The molecule has 2 heterocycles. The molecule has 2 aromatic carbocycles. The largest absolute Gasteiger partial charge is 0.329 e. The first-order valence-electron chi connectivity index (χ1n) is 11.6. The molecule has 37 heavy (non-hydrogen) atoms. The highest BCUT2D eigenvalue weighted by molar-refractivity contribution is 6.31. The summed E-state index contributed by atoms with van der Waals surface area (Å²) >= 11 is 18.1. The lowest BCUT2D eigenvalue weighted by molar-refractivity contribution is 0.0712. The molecule has 4 nitrogen and oxygen atoms in total. The Balaban J connectivity index is 2.03. The van der Waals surface area contributed by atoms with Gasteiger partial charge in [0, 0.05) is 34.8 Å². The van der Waals surface area contributed by atoms with Gasteiger partial charge < -0.3 is 4.90 Å². The van der Waals surface area contributed by atoms with E-state index in [4.69, 9.17) is 34.8 Å². The van der Waals surface area contributed by atoms with Crippen molar-refractivity contribution in [3.8, 4) is 6.07 Å². The highest BCUT2D eigenvalue weighted by Gasteiger charge is 2.60. The summed E-state index contributed by atoms with van der Waals surface area (Å²) in [6.45, 7) is 6.06. The second-order valence-corrected chi connectivity index (χ2v) is 11.7. The Kier molecular flexibility index (Phi) is 7.54. The molecule has 1 fully saturated rings. The number of likely N-dealkylation sites (tertiary alicyclic amines) is 1. The first-order chi connectivity index (χ1) is 17.4. The van der Waals surface area contributed by atoms with Crippen molar-refractivity contribution >= 4 is 40.7 Å². The van der Waals surface area contributed by atoms with Gasteiger partial charge in [0.05, 0.1) is 22.7 Å². The Labute approximate surface area is 229 Å². The van der Waals surface area contributed by atoms with Crippen LogP contribution >= 0.6 is 34.8 Å². The van der Waals surface area contributed by atoms with E-state index < -0.39 is 34.9 Å². The van der Waals surface area contributed by atoms with E-state index in [-0.39, 0.29) is 43.8 Å². The average molecular weight is 563 g/mol. The maximum atomic E-state index is 15.6. The van der Waals surface area contributed by atoms with Crippen LogP contribution in [0.4, 0.5) is 8.78 Å². The lowest BCUT2D eigenvalue weighted by atomic mass is 9.63. The second-order valence-electron chi connectivity index (χ2n) is 10.4. The predicted octanol–water partition coefficient (Wildman–Crippen LogP) is 8.03. The van der Waals surface area contributed by atoms with Crippen LogP contribution in [0.3, 0.4) is 0 Å². The van der Waals surface area contributed by atoms with E-state index >= 15 is 8.78 Å². The van der Waals surface area contributed by atoms with Crippen LogP contribution < -0.4 is 0 Å². The van der Waals surface area contributed by atoms with E-state index in [1.807, 2.05) is 20.8 Å². The SMILES string of the molecule is CC(C)(C)CC1CN(C(=O)c2ccc(Cl)nc2)C(c2cccc(Cl)c2F)C1(C#N)c1ccc(Cl)cc1F. The zero-order valence-corrected chi connectivity index (χ0v) is 22.7. The van der Waals surface area contributed by atoms with Gasteiger partial charge in [-0.05, 0) is 42.2 Å². The van der Waals surface area contributed by atoms with Gasteiger partial charge in [-0.15, -0.1) is 0 Å². The summed E-state index contributed by atoms with van der Waals surface area (Å²) in [7, 11) is 0. The standard InChI is InChI=1S/C28H24Cl3F2N3O/c1-27(2,3)12-17-14-36(26(37)16-7-10-23(31)35-13-16)25(19-5-4-6-21(30)24(19)33)28(17,15-34)20-9-8-18(29)11-22(20)32/h4-11,13,17,25H,12,14H2,1-3H3. The van der Waals surface area contributed by atoms with Gasteiger partial charge in [-0.1, -0.05) is 73.8 Å². The zero-order chi connectivity index (χ0) is 27.1. The van der Waals surface area contributed by atoms with Crippen molar-refractivity contribution in [1.82, 2.24) is 9.88 Å². The van der Waals surface area contributed by atoms with Gasteiger partial charge in [0.2, 0.25) is 0 Å². The number of carbonyl (C=O) groups excluding carboxylic acids is 1. The molecule has 1 amide bonds. The van der Waals surface area contributed by atoms with E-state index in [0.29, 0.717) is 6.42 Å². The number of aromatic nitrogens is 1. The second kappa shape index (κ2) is 10.2. The smallest absolute Gasteiger partial charge is 0.256 e. The molecular weight excluding hydrogens is 539 g/mol. The van der Waals surface area contributed by atoms with E-state index in [9.17, 15) is 10.1 Å². The average Bonchev–Trinajstić information content (AvgIpc) is 3.13. The number of hydrogen-bond donors (Lipinski definition) is 0. The van der Waals surface area contributed by atoms with Gasteiger partial charge in [0.15, 0.2) is 0 Å². The van der Waals surface area contributed by atoms with Gasteiger partial charge in [0.1, 0.15) is 22.2 Å². The van der Waals surface area contributed by atoms with Gasteiger partial charge in [-0.3, -0.25) is 4.79 Å². The normalized spacial score (nSPS) is 21.6. The van der Waals surface area contributed by atoms with Crippen molar-refractivity contribution in [2.24, 2.45) is 11.3 Å². The van der Waals surface area contributed by atoms with Gasteiger partial charge in [0.25, 0.3) is 5.91 Å². The van der Waals surface area contributed by atoms with Crippen LogP contribution in [0.25, 0.3) is 0 Å². The fourth-order valence-electron chi connectivity index (χ4n) is 5.34. The van der Waals surface area contributed by atoms with Crippen molar-refractivity contribution in [2.45, 2.75) is 38.6 Å². The van der Waals surface area contributed by atoms with E-state index in [0.717, 1.165) is 6.07 Å². The quantitative estimate of drug-likeness (QED) is 0.302. The number of pyridine rings is 1. The molecule has 0 aliphatic carbocycles. The highest BCUT2D eigenvalue weighted by atomic mass is 35.5. The Morgan fingerprint density at radius 3 is 2.49 bits per heavy atom. The lowest BCUT2D eigenvalue weighted by Crippen LogP contribution is -2.41. The zero-order valence-electron chi connectivity index (χ0n) is 20.4. The molecule has 1 aromatic heterocycles. The first-order valence-corrected chi connectivity index (χ1v) is 12.8. The predicted molar refractivity (Wildman–Crippen MR) is 141 cm³/mol. The molecule has 1 saturated heterocycles. The molecule has 0 bridgehead atoms. The molecule has 1 aliphatic rings. The van der Waals surface area contributed by atoms with E-state index in [1.165, 1.54) is 47.5 Å². The number of nitriles is 1. The Hall–Kier alpha value is -2.72. The van der Waals surface area contributed by atoms with Crippen molar-refractivity contribution in [3.63, 3.8) is 0 Å². The molecule has 0 saturated carbocycles. The summed E-state index contributed by atoms with van der Waals surface area (Å²) < 4.78 is 31.3. The number of rotatable bonds is 4.